The average Bonchev–Trinajstić information content (AvgIpc) is 2.85. The molecule has 0 bridgehead atoms. The molecule has 2 unspecified atom stereocenters. The number of likely N-dealkylation sites (tertiary alicyclic amines) is 1. The fraction of sp³-hybridized carbons (Fsp3) is 1.00. The van der Waals surface area contributed by atoms with Crippen LogP contribution in [0.15, 0.2) is 0 Å². The van der Waals surface area contributed by atoms with Gasteiger partial charge in [-0.15, -0.1) is 0 Å². The summed E-state index contributed by atoms with van der Waals surface area (Å²) < 4.78 is 5.16. The molecule has 0 amide bonds. The van der Waals surface area contributed by atoms with Crippen LogP contribution in [0.3, 0.4) is 0 Å². The van der Waals surface area contributed by atoms with Crippen LogP contribution < -0.4 is 0 Å². The number of hydrogen-bond acceptors (Lipinski definition) is 2. The highest BCUT2D eigenvalue weighted by Gasteiger charge is 2.20. The van der Waals surface area contributed by atoms with Crippen molar-refractivity contribution in [3.63, 3.8) is 0 Å². The van der Waals surface area contributed by atoms with Crippen LogP contribution >= 0.6 is 0 Å². The smallest absolute Gasteiger partial charge is 0.0487 e. The van der Waals surface area contributed by atoms with E-state index in [-0.39, 0.29) is 0 Å². The van der Waals surface area contributed by atoms with Gasteiger partial charge in [-0.1, -0.05) is 40.5 Å². The molecule has 1 fully saturated rings. The molecule has 0 N–H and O–H groups in total. The largest absolute Gasteiger partial charge is 0.384 e. The Morgan fingerprint density at radius 2 is 2.00 bits per heavy atom. The molecule has 1 saturated heterocycles. The number of rotatable bonds is 8. The van der Waals surface area contributed by atoms with E-state index < -0.39 is 0 Å². The van der Waals surface area contributed by atoms with Crippen LogP contribution in [0.25, 0.3) is 0 Å². The highest BCUT2D eigenvalue weighted by molar-refractivity contribution is 4.74. The Morgan fingerprint density at radius 3 is 2.56 bits per heavy atom. The summed E-state index contributed by atoms with van der Waals surface area (Å²) in [6.45, 7) is 13.4. The first-order valence-electron chi connectivity index (χ1n) is 7.97. The van der Waals surface area contributed by atoms with E-state index in [1.54, 1.807) is 7.11 Å². The second-order valence-electron chi connectivity index (χ2n) is 5.39. The van der Waals surface area contributed by atoms with Gasteiger partial charge in [-0.3, -0.25) is 0 Å². The summed E-state index contributed by atoms with van der Waals surface area (Å²) in [5.74, 6) is 1.72. The van der Waals surface area contributed by atoms with E-state index >= 15 is 0 Å². The van der Waals surface area contributed by atoms with Crippen LogP contribution in [0, 0.1) is 11.8 Å². The molecule has 0 spiro atoms. The Labute approximate surface area is 115 Å². The van der Waals surface area contributed by atoms with Gasteiger partial charge in [0, 0.05) is 20.3 Å². The van der Waals surface area contributed by atoms with Crippen molar-refractivity contribution in [1.29, 1.82) is 0 Å². The molecule has 0 aromatic carbocycles. The minimum absolute atomic E-state index is 0.737. The molecular formula is C16H35NO. The summed E-state index contributed by atoms with van der Waals surface area (Å²) in [4.78, 5) is 2.58. The van der Waals surface area contributed by atoms with E-state index in [9.17, 15) is 0 Å². The zero-order valence-electron chi connectivity index (χ0n) is 13.4. The maximum Gasteiger partial charge on any atom is 0.0487 e. The average molecular weight is 257 g/mol. The Balaban J connectivity index is 0.00000137. The van der Waals surface area contributed by atoms with Gasteiger partial charge < -0.3 is 9.64 Å². The first kappa shape index (κ1) is 17.9. The molecule has 2 nitrogen and oxygen atoms in total. The van der Waals surface area contributed by atoms with Gasteiger partial charge in [0.05, 0.1) is 0 Å². The van der Waals surface area contributed by atoms with Crippen LogP contribution in [-0.2, 0) is 4.74 Å². The van der Waals surface area contributed by atoms with Crippen molar-refractivity contribution < 1.29 is 4.74 Å². The zero-order chi connectivity index (χ0) is 13.8. The van der Waals surface area contributed by atoms with E-state index in [1.807, 2.05) is 13.8 Å². The fourth-order valence-electron chi connectivity index (χ4n) is 2.73. The standard InChI is InChI=1S/C14H29NO.C2H6/c1-4-15-10-9-14(11-15)8-6-5-7-13(2)12-16-3;1-2/h13-14H,4-12H2,1-3H3;1-2H3. The molecule has 0 aliphatic carbocycles. The topological polar surface area (TPSA) is 12.5 Å². The molecule has 0 aromatic heterocycles. The molecule has 2 atom stereocenters. The summed E-state index contributed by atoms with van der Waals surface area (Å²) in [6.07, 6.45) is 7.00. The number of ether oxygens (including phenoxy) is 1. The van der Waals surface area contributed by atoms with Crippen molar-refractivity contribution in [1.82, 2.24) is 4.90 Å². The lowest BCUT2D eigenvalue weighted by Gasteiger charge is -2.13. The molecular weight excluding hydrogens is 222 g/mol. The maximum absolute atomic E-state index is 5.16. The van der Waals surface area contributed by atoms with Gasteiger partial charge in [0.2, 0.25) is 0 Å². The second kappa shape index (κ2) is 12.0. The van der Waals surface area contributed by atoms with Gasteiger partial charge in [0.25, 0.3) is 0 Å². The van der Waals surface area contributed by atoms with Crippen LogP contribution in [0.2, 0.25) is 0 Å². The zero-order valence-corrected chi connectivity index (χ0v) is 13.4. The minimum atomic E-state index is 0.737. The highest BCUT2D eigenvalue weighted by Crippen LogP contribution is 2.22. The number of hydrogen-bond donors (Lipinski definition) is 0. The monoisotopic (exact) mass is 257 g/mol. The Hall–Kier alpha value is -0.0800. The lowest BCUT2D eigenvalue weighted by Crippen LogP contribution is -2.19. The summed E-state index contributed by atoms with van der Waals surface area (Å²) in [5, 5.41) is 0. The van der Waals surface area contributed by atoms with Gasteiger partial charge in [-0.2, -0.15) is 0 Å². The Kier molecular flexibility index (Phi) is 11.9. The second-order valence-corrected chi connectivity index (χ2v) is 5.39. The summed E-state index contributed by atoms with van der Waals surface area (Å²) in [5.41, 5.74) is 0. The molecule has 110 valence electrons. The lowest BCUT2D eigenvalue weighted by molar-refractivity contribution is 0.154. The highest BCUT2D eigenvalue weighted by atomic mass is 16.5. The van der Waals surface area contributed by atoms with Crippen molar-refractivity contribution in [2.75, 3.05) is 33.4 Å². The maximum atomic E-state index is 5.16. The number of nitrogens with zero attached hydrogens (tertiary/aromatic N) is 1. The molecule has 1 heterocycles. The summed E-state index contributed by atoms with van der Waals surface area (Å²) in [7, 11) is 1.80. The lowest BCUT2D eigenvalue weighted by atomic mass is 9.98. The normalized spacial score (nSPS) is 21.5. The Bertz CT molecular complexity index is 172. The van der Waals surface area contributed by atoms with Gasteiger partial charge in [-0.25, -0.2) is 0 Å². The first-order chi connectivity index (χ1) is 8.76. The molecule has 0 radical (unpaired) electrons. The van der Waals surface area contributed by atoms with Crippen LogP contribution in [0.1, 0.15) is 59.8 Å². The third kappa shape index (κ3) is 8.10. The minimum Gasteiger partial charge on any atom is -0.384 e. The molecule has 1 rings (SSSR count). The van der Waals surface area contributed by atoms with E-state index in [0.29, 0.717) is 0 Å². The van der Waals surface area contributed by atoms with E-state index in [0.717, 1.165) is 18.4 Å². The third-order valence-corrected chi connectivity index (χ3v) is 3.83. The van der Waals surface area contributed by atoms with E-state index in [1.165, 1.54) is 51.7 Å². The van der Waals surface area contributed by atoms with Crippen LogP contribution in [-0.4, -0.2) is 38.3 Å². The summed E-state index contributed by atoms with van der Waals surface area (Å²) in [6, 6.07) is 0. The first-order valence-corrected chi connectivity index (χ1v) is 7.97. The van der Waals surface area contributed by atoms with E-state index in [2.05, 4.69) is 18.7 Å². The predicted molar refractivity (Wildman–Crippen MR) is 81.1 cm³/mol. The van der Waals surface area contributed by atoms with Crippen molar-refractivity contribution in [3.05, 3.63) is 0 Å². The van der Waals surface area contributed by atoms with Gasteiger partial charge in [0.1, 0.15) is 0 Å². The molecule has 0 aromatic rings. The van der Waals surface area contributed by atoms with Crippen molar-refractivity contribution in [3.8, 4) is 0 Å². The molecule has 1 aliphatic rings. The van der Waals surface area contributed by atoms with Crippen molar-refractivity contribution in [2.24, 2.45) is 11.8 Å². The SMILES string of the molecule is CC.CCN1CCC(CCCCC(C)COC)C1. The molecule has 1 aliphatic heterocycles. The van der Waals surface area contributed by atoms with Crippen LogP contribution in [0.4, 0.5) is 0 Å². The van der Waals surface area contributed by atoms with Gasteiger partial charge in [-0.05, 0) is 44.2 Å². The van der Waals surface area contributed by atoms with Crippen LogP contribution in [0.5, 0.6) is 0 Å². The van der Waals surface area contributed by atoms with Crippen molar-refractivity contribution in [2.45, 2.75) is 59.8 Å². The third-order valence-electron chi connectivity index (χ3n) is 3.83. The summed E-state index contributed by atoms with van der Waals surface area (Å²) >= 11 is 0. The fourth-order valence-corrected chi connectivity index (χ4v) is 2.73. The van der Waals surface area contributed by atoms with E-state index in [4.69, 9.17) is 4.74 Å². The van der Waals surface area contributed by atoms with Gasteiger partial charge >= 0.3 is 0 Å². The predicted octanol–water partition coefficient (Wildman–Crippen LogP) is 4.20. The van der Waals surface area contributed by atoms with Crippen molar-refractivity contribution >= 4 is 0 Å². The quantitative estimate of drug-likeness (QED) is 0.604. The molecule has 0 saturated carbocycles. The number of unbranched alkanes of at least 4 members (excludes halogenated alkanes) is 1. The Morgan fingerprint density at radius 1 is 1.28 bits per heavy atom. The van der Waals surface area contributed by atoms with Gasteiger partial charge in [0.15, 0.2) is 0 Å². The number of methoxy groups -OCH3 is 1. The molecule has 18 heavy (non-hydrogen) atoms. The molecule has 2 heteroatoms.